The lowest BCUT2D eigenvalue weighted by Gasteiger charge is -2.68. The number of hydrogen-bond acceptors (Lipinski definition) is 3. The van der Waals surface area contributed by atoms with Gasteiger partial charge in [0.15, 0.2) is 0 Å². The summed E-state index contributed by atoms with van der Waals surface area (Å²) in [7, 11) is 1.73. The number of benzene rings is 1. The van der Waals surface area contributed by atoms with E-state index < -0.39 is 0 Å². The Morgan fingerprint density at radius 2 is 1.71 bits per heavy atom. The standard InChI is InChI=1S/C27H39NO3/c1-24-11-6-12-26(3,23(28)29)21(24)9-13-25(2)20(24)10-14-27(4)22(25)16-17-15-18(30-5)7-8-19(17)31-27/h7-8,15,20-22H,6,9-14,16H2,1-5H3,(H2,28,29)/t20?,21?,22-,24?,25+,26-,27?/m0/s1. The van der Waals surface area contributed by atoms with Gasteiger partial charge in [-0.2, -0.15) is 0 Å². The van der Waals surface area contributed by atoms with Crippen LogP contribution in [0.3, 0.4) is 0 Å². The maximum absolute atomic E-state index is 12.6. The van der Waals surface area contributed by atoms with Crippen molar-refractivity contribution in [3.8, 4) is 11.5 Å². The molecule has 0 saturated heterocycles. The van der Waals surface area contributed by atoms with E-state index in [1.165, 1.54) is 18.4 Å². The van der Waals surface area contributed by atoms with Crippen molar-refractivity contribution >= 4 is 5.91 Å². The number of rotatable bonds is 2. The van der Waals surface area contributed by atoms with Gasteiger partial charge in [-0.25, -0.2) is 0 Å². The molecule has 0 bridgehead atoms. The third-order valence-corrected chi connectivity index (χ3v) is 10.6. The molecule has 0 radical (unpaired) electrons. The molecule has 5 rings (SSSR count). The summed E-state index contributed by atoms with van der Waals surface area (Å²) in [6, 6.07) is 6.26. The number of primary amides is 1. The third-order valence-electron chi connectivity index (χ3n) is 10.6. The van der Waals surface area contributed by atoms with Crippen LogP contribution in [0.25, 0.3) is 0 Å². The molecule has 1 amide bonds. The number of hydrogen-bond donors (Lipinski definition) is 1. The van der Waals surface area contributed by atoms with Gasteiger partial charge in [0.25, 0.3) is 0 Å². The Balaban J connectivity index is 1.54. The summed E-state index contributed by atoms with van der Waals surface area (Å²) in [4.78, 5) is 12.6. The molecule has 1 aromatic rings. The quantitative estimate of drug-likeness (QED) is 0.679. The second-order valence-corrected chi connectivity index (χ2v) is 12.0. The van der Waals surface area contributed by atoms with E-state index in [2.05, 4.69) is 39.8 Å². The minimum atomic E-state index is -0.363. The Hall–Kier alpha value is -1.71. The first-order valence-corrected chi connectivity index (χ1v) is 12.2. The Bertz CT molecular complexity index is 914. The van der Waals surface area contributed by atoms with Crippen molar-refractivity contribution in [2.45, 2.75) is 84.7 Å². The van der Waals surface area contributed by atoms with E-state index in [0.29, 0.717) is 17.8 Å². The van der Waals surface area contributed by atoms with Crippen LogP contribution in [-0.4, -0.2) is 18.6 Å². The molecule has 1 heterocycles. The van der Waals surface area contributed by atoms with Crippen LogP contribution in [0.2, 0.25) is 0 Å². The molecule has 4 nitrogen and oxygen atoms in total. The van der Waals surface area contributed by atoms with Gasteiger partial charge in [-0.05, 0) is 98.3 Å². The van der Waals surface area contributed by atoms with Crippen molar-refractivity contribution in [1.82, 2.24) is 0 Å². The van der Waals surface area contributed by atoms with Crippen molar-refractivity contribution in [2.24, 2.45) is 39.7 Å². The van der Waals surface area contributed by atoms with Gasteiger partial charge in [0, 0.05) is 11.3 Å². The molecule has 31 heavy (non-hydrogen) atoms. The fourth-order valence-electron chi connectivity index (χ4n) is 9.02. The van der Waals surface area contributed by atoms with Gasteiger partial charge < -0.3 is 15.2 Å². The van der Waals surface area contributed by atoms with Crippen LogP contribution in [-0.2, 0) is 11.2 Å². The van der Waals surface area contributed by atoms with Crippen LogP contribution >= 0.6 is 0 Å². The monoisotopic (exact) mass is 425 g/mol. The van der Waals surface area contributed by atoms with Crippen molar-refractivity contribution in [2.75, 3.05) is 7.11 Å². The average Bonchev–Trinajstić information content (AvgIpc) is 2.71. The number of carbonyl (C=O) groups excluding carboxylic acids is 1. The van der Waals surface area contributed by atoms with E-state index in [0.717, 1.165) is 50.0 Å². The zero-order valence-corrected chi connectivity index (χ0v) is 19.9. The third kappa shape index (κ3) is 2.75. The van der Waals surface area contributed by atoms with Gasteiger partial charge >= 0.3 is 0 Å². The molecule has 0 aromatic heterocycles. The minimum absolute atomic E-state index is 0.0882. The molecule has 170 valence electrons. The molecule has 0 spiro atoms. The first-order chi connectivity index (χ1) is 14.6. The van der Waals surface area contributed by atoms with E-state index in [-0.39, 0.29) is 27.8 Å². The Labute approximate surface area is 187 Å². The molecule has 1 aromatic carbocycles. The molecule has 2 N–H and O–H groups in total. The van der Waals surface area contributed by atoms with Crippen molar-refractivity contribution < 1.29 is 14.3 Å². The van der Waals surface area contributed by atoms with Crippen LogP contribution in [0.15, 0.2) is 18.2 Å². The fourth-order valence-corrected chi connectivity index (χ4v) is 9.02. The van der Waals surface area contributed by atoms with E-state index in [4.69, 9.17) is 15.2 Å². The zero-order chi connectivity index (χ0) is 22.2. The van der Waals surface area contributed by atoms with Gasteiger partial charge in [0.2, 0.25) is 5.91 Å². The Morgan fingerprint density at radius 3 is 2.42 bits per heavy atom. The highest BCUT2D eigenvalue weighted by Crippen LogP contribution is 2.70. The van der Waals surface area contributed by atoms with Gasteiger partial charge in [-0.3, -0.25) is 4.79 Å². The van der Waals surface area contributed by atoms with Crippen LogP contribution in [0.5, 0.6) is 11.5 Å². The second kappa shape index (κ2) is 6.65. The van der Waals surface area contributed by atoms with Crippen LogP contribution in [0, 0.1) is 34.0 Å². The minimum Gasteiger partial charge on any atom is -0.497 e. The van der Waals surface area contributed by atoms with Crippen LogP contribution in [0.1, 0.15) is 78.2 Å². The lowest BCUT2D eigenvalue weighted by molar-refractivity contribution is -0.209. The topological polar surface area (TPSA) is 61.5 Å². The normalized spacial score (nSPS) is 45.9. The molecule has 4 unspecified atom stereocenters. The first-order valence-electron chi connectivity index (χ1n) is 12.2. The molecule has 4 heteroatoms. The van der Waals surface area contributed by atoms with E-state index in [9.17, 15) is 4.79 Å². The number of fused-ring (bicyclic) bond motifs is 6. The van der Waals surface area contributed by atoms with Crippen molar-refractivity contribution in [3.05, 3.63) is 23.8 Å². The molecule has 4 aliphatic rings. The second-order valence-electron chi connectivity index (χ2n) is 12.0. The fraction of sp³-hybridized carbons (Fsp3) is 0.741. The Kier molecular flexibility index (Phi) is 4.54. The molecule has 3 aliphatic carbocycles. The summed E-state index contributed by atoms with van der Waals surface area (Å²) in [5, 5.41) is 0. The molecule has 3 fully saturated rings. The predicted molar refractivity (Wildman–Crippen MR) is 122 cm³/mol. The number of ether oxygens (including phenoxy) is 2. The first kappa shape index (κ1) is 21.2. The maximum Gasteiger partial charge on any atom is 0.223 e. The zero-order valence-electron chi connectivity index (χ0n) is 19.9. The van der Waals surface area contributed by atoms with Gasteiger partial charge in [0.1, 0.15) is 17.1 Å². The van der Waals surface area contributed by atoms with Crippen LogP contribution in [0.4, 0.5) is 0 Å². The maximum atomic E-state index is 12.6. The smallest absolute Gasteiger partial charge is 0.223 e. The number of carbonyl (C=O) groups is 1. The van der Waals surface area contributed by atoms with E-state index in [1.54, 1.807) is 7.11 Å². The summed E-state index contributed by atoms with van der Waals surface area (Å²) in [5.41, 5.74) is 7.17. The van der Waals surface area contributed by atoms with E-state index >= 15 is 0 Å². The molecular formula is C27H39NO3. The van der Waals surface area contributed by atoms with Crippen molar-refractivity contribution in [1.29, 1.82) is 0 Å². The molecular weight excluding hydrogens is 386 g/mol. The summed E-state index contributed by atoms with van der Waals surface area (Å²) >= 11 is 0. The summed E-state index contributed by atoms with van der Waals surface area (Å²) in [6.07, 6.45) is 8.83. The molecule has 3 saturated carbocycles. The van der Waals surface area contributed by atoms with Gasteiger partial charge in [-0.1, -0.05) is 27.2 Å². The van der Waals surface area contributed by atoms with Crippen LogP contribution < -0.4 is 15.2 Å². The SMILES string of the molecule is COc1ccc2c(c1)C[C@@H]1C(C)(CCC3C4(C)CCC[C@](C)(C(N)=O)C4CC[C@]31C)O2. The van der Waals surface area contributed by atoms with Gasteiger partial charge in [0.05, 0.1) is 7.11 Å². The predicted octanol–water partition coefficient (Wildman–Crippen LogP) is 5.51. The number of amides is 1. The largest absolute Gasteiger partial charge is 0.497 e. The lowest BCUT2D eigenvalue weighted by Crippen LogP contribution is -2.66. The number of nitrogens with two attached hydrogens (primary N) is 1. The van der Waals surface area contributed by atoms with E-state index in [1.807, 2.05) is 6.07 Å². The highest BCUT2D eigenvalue weighted by molar-refractivity contribution is 5.81. The van der Waals surface area contributed by atoms with Crippen molar-refractivity contribution in [3.63, 3.8) is 0 Å². The molecule has 1 aliphatic heterocycles. The average molecular weight is 426 g/mol. The lowest BCUT2D eigenvalue weighted by atomic mass is 9.37. The summed E-state index contributed by atoms with van der Waals surface area (Å²) < 4.78 is 12.3. The molecule has 7 atom stereocenters. The highest BCUT2D eigenvalue weighted by Gasteiger charge is 2.66. The summed E-state index contributed by atoms with van der Waals surface area (Å²) in [5.74, 6) is 3.31. The highest BCUT2D eigenvalue weighted by atomic mass is 16.5. The number of methoxy groups -OCH3 is 1. The summed E-state index contributed by atoms with van der Waals surface area (Å²) in [6.45, 7) is 9.52. The Morgan fingerprint density at radius 1 is 1.00 bits per heavy atom. The van der Waals surface area contributed by atoms with Gasteiger partial charge in [-0.15, -0.1) is 0 Å².